The van der Waals surface area contributed by atoms with Crippen molar-refractivity contribution in [2.45, 2.75) is 52.4 Å². The Hall–Kier alpha value is -3.08. The lowest BCUT2D eigenvalue weighted by molar-refractivity contribution is -0.870. The van der Waals surface area contributed by atoms with E-state index < -0.39 is 24.8 Å². The van der Waals surface area contributed by atoms with Gasteiger partial charge in [-0.15, -0.1) is 5.06 Å². The van der Waals surface area contributed by atoms with Gasteiger partial charge in [0.05, 0.1) is 34.1 Å². The van der Waals surface area contributed by atoms with Crippen LogP contribution in [0.1, 0.15) is 56.0 Å². The second kappa shape index (κ2) is 8.85. The van der Waals surface area contributed by atoms with Crippen LogP contribution in [0.3, 0.4) is 0 Å². The molecule has 35 heavy (non-hydrogen) atoms. The van der Waals surface area contributed by atoms with Crippen molar-refractivity contribution in [2.75, 3.05) is 27.7 Å². The molecule has 4 rings (SSSR count). The van der Waals surface area contributed by atoms with Crippen molar-refractivity contribution in [3.05, 3.63) is 40.4 Å². The fourth-order valence-electron chi connectivity index (χ4n) is 5.02. The largest absolute Gasteiger partial charge is 0.737 e. The summed E-state index contributed by atoms with van der Waals surface area (Å²) < 4.78 is 34.9. The lowest BCUT2D eigenvalue weighted by atomic mass is 9.89. The van der Waals surface area contributed by atoms with Gasteiger partial charge in [-0.2, -0.15) is 0 Å². The summed E-state index contributed by atoms with van der Waals surface area (Å²) in [6.45, 7) is 0.247. The number of quaternary nitrogens is 1. The highest BCUT2D eigenvalue weighted by molar-refractivity contribution is 6.58. The molecule has 0 saturated carbocycles. The molecule has 0 radical (unpaired) electrons. The molecule has 0 unspecified atom stereocenters. The maximum Gasteiger partial charge on any atom is 0.737 e. The first-order valence-corrected chi connectivity index (χ1v) is 12.0. The van der Waals surface area contributed by atoms with Gasteiger partial charge in [0.1, 0.15) is 5.71 Å². The minimum absolute atomic E-state index is 0.00201. The zero-order valence-electron chi connectivity index (χ0n) is 20.9. The SMILES string of the molecule is CC1=CC(CCC(=O)ON2C(=O)CCC2=O)=[N+]2C1=Cc1c(CCC[N+](C)(C)C)cc(C)n1[B-]2(F)F. The summed E-state index contributed by atoms with van der Waals surface area (Å²) in [7, 11) is 6.33. The topological polar surface area (TPSA) is 71.6 Å². The normalized spacial score (nSPS) is 19.1. The van der Waals surface area contributed by atoms with Crippen LogP contribution in [0.2, 0.25) is 0 Å². The van der Waals surface area contributed by atoms with E-state index in [0.29, 0.717) is 39.9 Å². The average Bonchev–Trinajstić information content (AvgIpc) is 3.35. The molecule has 2 amide bonds. The molecule has 3 aliphatic rings. The molecule has 0 atom stereocenters. The van der Waals surface area contributed by atoms with Crippen LogP contribution in [0, 0.1) is 6.92 Å². The van der Waals surface area contributed by atoms with Crippen LogP contribution in [0.5, 0.6) is 0 Å². The molecule has 1 aromatic rings. The zero-order chi connectivity index (χ0) is 25.7. The molecule has 0 spiro atoms. The quantitative estimate of drug-likeness (QED) is 0.320. The van der Waals surface area contributed by atoms with Crippen molar-refractivity contribution in [2.24, 2.45) is 0 Å². The first-order chi connectivity index (χ1) is 16.3. The monoisotopic (exact) mass is 489 g/mol. The smallest absolute Gasteiger partial charge is 0.394 e. The molecule has 1 saturated heterocycles. The Labute approximate surface area is 203 Å². The highest BCUT2D eigenvalue weighted by Crippen LogP contribution is 2.37. The number of hydrogen-bond acceptors (Lipinski definition) is 4. The number of imide groups is 1. The second-order valence-electron chi connectivity index (χ2n) is 10.5. The van der Waals surface area contributed by atoms with Gasteiger partial charge >= 0.3 is 12.9 Å². The lowest BCUT2D eigenvalue weighted by Gasteiger charge is -2.31. The van der Waals surface area contributed by atoms with Gasteiger partial charge < -0.3 is 26.9 Å². The maximum atomic E-state index is 16.0. The van der Waals surface area contributed by atoms with Crippen LogP contribution >= 0.6 is 0 Å². The third kappa shape index (κ3) is 4.73. The first-order valence-electron chi connectivity index (χ1n) is 12.0. The van der Waals surface area contributed by atoms with Gasteiger partial charge in [-0.1, -0.05) is 0 Å². The lowest BCUT2D eigenvalue weighted by Crippen LogP contribution is -2.51. The van der Waals surface area contributed by atoms with Gasteiger partial charge in [-0.25, -0.2) is 4.79 Å². The number of aryl methyl sites for hydroxylation is 2. The van der Waals surface area contributed by atoms with E-state index in [1.54, 1.807) is 19.9 Å². The van der Waals surface area contributed by atoms with E-state index in [9.17, 15) is 14.4 Å². The molecule has 0 aliphatic carbocycles. The number of carbonyl (C=O) groups is 3. The number of fused-ring (bicyclic) bond motifs is 2. The minimum Gasteiger partial charge on any atom is -0.394 e. The van der Waals surface area contributed by atoms with Gasteiger partial charge in [0.15, 0.2) is 5.70 Å². The number of rotatable bonds is 8. The van der Waals surface area contributed by atoms with Crippen LogP contribution in [0.15, 0.2) is 23.4 Å². The number of carbonyl (C=O) groups excluding carboxylic acids is 3. The molecule has 1 fully saturated rings. The van der Waals surface area contributed by atoms with Crippen LogP contribution < -0.4 is 0 Å². The summed E-state index contributed by atoms with van der Waals surface area (Å²) in [5, 5.41) is 0.475. The molecule has 188 valence electrons. The number of aromatic nitrogens is 1. The van der Waals surface area contributed by atoms with Gasteiger partial charge in [0.2, 0.25) is 0 Å². The van der Waals surface area contributed by atoms with E-state index in [1.807, 2.05) is 12.1 Å². The molecule has 3 aliphatic heterocycles. The zero-order valence-corrected chi connectivity index (χ0v) is 20.9. The predicted molar refractivity (Wildman–Crippen MR) is 127 cm³/mol. The molecule has 1 aromatic heterocycles. The van der Waals surface area contributed by atoms with E-state index in [1.165, 1.54) is 0 Å². The fourth-order valence-corrected chi connectivity index (χ4v) is 5.02. The summed E-state index contributed by atoms with van der Waals surface area (Å²) in [5.41, 5.74) is 3.38. The number of hydrogen-bond donors (Lipinski definition) is 0. The summed E-state index contributed by atoms with van der Waals surface area (Å²) in [6.07, 6.45) is 4.84. The van der Waals surface area contributed by atoms with Crippen molar-refractivity contribution < 1.29 is 36.8 Å². The van der Waals surface area contributed by atoms with E-state index in [4.69, 9.17) is 4.84 Å². The number of amides is 2. The first kappa shape index (κ1) is 25.0. The second-order valence-corrected chi connectivity index (χ2v) is 10.5. The Kier molecular flexibility index (Phi) is 6.33. The Bertz CT molecular complexity index is 1190. The van der Waals surface area contributed by atoms with Crippen molar-refractivity contribution in [1.82, 2.24) is 9.54 Å². The average molecular weight is 489 g/mol. The van der Waals surface area contributed by atoms with Crippen LogP contribution in [-0.4, -0.2) is 76.7 Å². The van der Waals surface area contributed by atoms with E-state index >= 15 is 8.63 Å². The molecule has 11 heteroatoms. The van der Waals surface area contributed by atoms with Gasteiger partial charge in [0, 0.05) is 49.1 Å². The highest BCUT2D eigenvalue weighted by atomic mass is 19.2. The molecule has 0 bridgehead atoms. The van der Waals surface area contributed by atoms with Crippen molar-refractivity contribution in [1.29, 1.82) is 0 Å². The number of allylic oxidation sites excluding steroid dienone is 2. The maximum absolute atomic E-state index is 16.0. The van der Waals surface area contributed by atoms with Crippen molar-refractivity contribution in [3.63, 3.8) is 0 Å². The number of hydroxylamine groups is 2. The molecular formula is C24H32BF2N4O4+. The van der Waals surface area contributed by atoms with Crippen LogP contribution in [-0.2, 0) is 25.6 Å². The van der Waals surface area contributed by atoms with Gasteiger partial charge in [-0.3, -0.25) is 9.59 Å². The minimum atomic E-state index is -4.16. The Balaban J connectivity index is 1.56. The molecular weight excluding hydrogens is 457 g/mol. The summed E-state index contributed by atoms with van der Waals surface area (Å²) in [5.74, 6) is -1.96. The van der Waals surface area contributed by atoms with Crippen LogP contribution in [0.25, 0.3) is 6.08 Å². The third-order valence-corrected chi connectivity index (χ3v) is 6.66. The van der Waals surface area contributed by atoms with E-state index in [-0.39, 0.29) is 25.7 Å². The van der Waals surface area contributed by atoms with Crippen molar-refractivity contribution >= 4 is 36.5 Å². The third-order valence-electron chi connectivity index (χ3n) is 6.66. The van der Waals surface area contributed by atoms with Crippen molar-refractivity contribution in [3.8, 4) is 0 Å². The molecule has 0 aromatic carbocycles. The molecule has 4 heterocycles. The summed E-state index contributed by atoms with van der Waals surface area (Å²) in [4.78, 5) is 40.5. The summed E-state index contributed by atoms with van der Waals surface area (Å²) in [6, 6.07) is 1.85. The standard InChI is InChI=1S/C24H32BF2N4O4/c1-16-13-19(8-11-24(34)35-30-22(32)9-10-23(30)33)29-20(16)15-21-18(7-6-12-31(3,4)5)14-17(2)28(21)25(29,26)27/h13-15H,6-12H2,1-5H3/q+1. The Morgan fingerprint density at radius 3 is 2.40 bits per heavy atom. The fraction of sp³-hybridized carbons (Fsp3) is 0.500. The Morgan fingerprint density at radius 2 is 1.77 bits per heavy atom. The van der Waals surface area contributed by atoms with Gasteiger partial charge in [0.25, 0.3) is 11.8 Å². The van der Waals surface area contributed by atoms with E-state index in [2.05, 4.69) is 21.1 Å². The van der Waals surface area contributed by atoms with Gasteiger partial charge in [-0.05, 0) is 37.6 Å². The molecule has 8 nitrogen and oxygen atoms in total. The predicted octanol–water partition coefficient (Wildman–Crippen LogP) is 2.81. The molecule has 0 N–H and O–H groups in total. The Morgan fingerprint density at radius 1 is 1.11 bits per heavy atom. The number of halogens is 2. The summed E-state index contributed by atoms with van der Waals surface area (Å²) >= 11 is 0. The highest BCUT2D eigenvalue weighted by Gasteiger charge is 2.53. The van der Waals surface area contributed by atoms with E-state index in [0.717, 1.165) is 32.0 Å². The number of nitrogens with zero attached hydrogens (tertiary/aromatic N) is 4. The van der Waals surface area contributed by atoms with Crippen LogP contribution in [0.4, 0.5) is 8.63 Å².